The van der Waals surface area contributed by atoms with Crippen molar-refractivity contribution in [3.8, 4) is 0 Å². The number of hydrogen-bond acceptors (Lipinski definition) is 5. The van der Waals surface area contributed by atoms with E-state index in [0.717, 1.165) is 0 Å². The molecule has 0 aromatic heterocycles. The Labute approximate surface area is 159 Å². The molecule has 152 valence electrons. The van der Waals surface area contributed by atoms with Gasteiger partial charge < -0.3 is 18.8 Å². The number of nitrogens with zero attached hydrogens (tertiary/aromatic N) is 1. The maximum absolute atomic E-state index is 12.4. The van der Waals surface area contributed by atoms with Crippen molar-refractivity contribution in [2.75, 3.05) is 19.7 Å². The number of hydrogen-bond donors (Lipinski definition) is 0. The van der Waals surface area contributed by atoms with Crippen molar-refractivity contribution >= 4 is 20.4 Å². The smallest absolute Gasteiger partial charge is 0.410 e. The van der Waals surface area contributed by atoms with Crippen molar-refractivity contribution in [1.29, 1.82) is 0 Å². The standard InChI is InChI=1S/C19H37NO5Si/c1-10-23-16(21)15(25-26(8,9)19(5,6)7)11-14-12-20(13-14)17(22)24-18(2,3)4/h14-15H,10-13H2,1-9H3/t15-/m0/s1. The molecule has 6 nitrogen and oxygen atoms in total. The van der Waals surface area contributed by atoms with Crippen LogP contribution in [0.4, 0.5) is 4.79 Å². The molecular weight excluding hydrogens is 350 g/mol. The fraction of sp³-hybridized carbons (Fsp3) is 0.895. The Morgan fingerprint density at radius 2 is 1.65 bits per heavy atom. The van der Waals surface area contributed by atoms with Gasteiger partial charge in [-0.15, -0.1) is 0 Å². The van der Waals surface area contributed by atoms with Gasteiger partial charge in [-0.2, -0.15) is 0 Å². The second kappa shape index (κ2) is 8.29. The number of ether oxygens (including phenoxy) is 2. The molecule has 0 bridgehead atoms. The van der Waals surface area contributed by atoms with Crippen molar-refractivity contribution in [3.63, 3.8) is 0 Å². The number of esters is 1. The van der Waals surface area contributed by atoms with Gasteiger partial charge in [-0.25, -0.2) is 9.59 Å². The van der Waals surface area contributed by atoms with E-state index in [1.165, 1.54) is 0 Å². The van der Waals surface area contributed by atoms with Gasteiger partial charge in [0.1, 0.15) is 11.7 Å². The van der Waals surface area contributed by atoms with Crippen LogP contribution in [0.2, 0.25) is 18.1 Å². The van der Waals surface area contributed by atoms with Crippen molar-refractivity contribution in [3.05, 3.63) is 0 Å². The molecule has 0 aromatic rings. The SMILES string of the molecule is CCOC(=O)[C@H](CC1CN(C(=O)OC(C)(C)C)C1)O[Si](C)(C)C(C)(C)C. The van der Waals surface area contributed by atoms with E-state index in [0.29, 0.717) is 26.1 Å². The fourth-order valence-electron chi connectivity index (χ4n) is 2.46. The maximum Gasteiger partial charge on any atom is 0.410 e. The van der Waals surface area contributed by atoms with E-state index in [4.69, 9.17) is 13.9 Å². The molecule has 1 fully saturated rings. The second-order valence-corrected chi connectivity index (χ2v) is 14.4. The molecule has 0 radical (unpaired) electrons. The first kappa shape index (κ1) is 23.0. The molecular formula is C19H37NO5Si. The number of amides is 1. The number of carbonyl (C=O) groups excluding carboxylic acids is 2. The monoisotopic (exact) mass is 387 g/mol. The lowest BCUT2D eigenvalue weighted by Gasteiger charge is -2.43. The quantitative estimate of drug-likeness (QED) is 0.505. The molecule has 1 atom stereocenters. The highest BCUT2D eigenvalue weighted by Crippen LogP contribution is 2.38. The summed E-state index contributed by atoms with van der Waals surface area (Å²) in [5, 5.41) is 0.0138. The molecule has 1 aliphatic rings. The van der Waals surface area contributed by atoms with E-state index in [1.807, 2.05) is 20.8 Å². The Kier molecular flexibility index (Phi) is 7.32. The summed E-state index contributed by atoms with van der Waals surface area (Å²) < 4.78 is 16.9. The summed E-state index contributed by atoms with van der Waals surface area (Å²) in [7, 11) is -2.09. The Hall–Kier alpha value is -1.08. The van der Waals surface area contributed by atoms with Gasteiger partial charge >= 0.3 is 12.1 Å². The van der Waals surface area contributed by atoms with Crippen LogP contribution in [0.15, 0.2) is 0 Å². The normalized spacial score (nSPS) is 17.5. The molecule has 1 heterocycles. The summed E-state index contributed by atoms with van der Waals surface area (Å²) in [6.45, 7) is 19.6. The van der Waals surface area contributed by atoms with Crippen LogP contribution in [-0.4, -0.2) is 56.7 Å². The van der Waals surface area contributed by atoms with E-state index in [1.54, 1.807) is 11.8 Å². The molecule has 0 N–H and O–H groups in total. The summed E-state index contributed by atoms with van der Waals surface area (Å²) in [4.78, 5) is 26.1. The minimum atomic E-state index is -2.09. The molecule has 1 rings (SSSR count). The predicted octanol–water partition coefficient (Wildman–Crippen LogP) is 4.20. The van der Waals surface area contributed by atoms with Gasteiger partial charge in [0.2, 0.25) is 0 Å². The summed E-state index contributed by atoms with van der Waals surface area (Å²) in [6.07, 6.45) is -0.293. The van der Waals surface area contributed by atoms with Gasteiger partial charge in [-0.05, 0) is 58.2 Å². The van der Waals surface area contributed by atoms with Crippen LogP contribution >= 0.6 is 0 Å². The molecule has 26 heavy (non-hydrogen) atoms. The van der Waals surface area contributed by atoms with Gasteiger partial charge in [0, 0.05) is 13.1 Å². The zero-order chi connectivity index (χ0) is 20.3. The topological polar surface area (TPSA) is 65.1 Å². The Bertz CT molecular complexity index is 501. The third-order valence-corrected chi connectivity index (χ3v) is 9.43. The van der Waals surface area contributed by atoms with Crippen molar-refractivity contribution in [2.24, 2.45) is 5.92 Å². The molecule has 0 aromatic carbocycles. The highest BCUT2D eigenvalue weighted by Gasteiger charge is 2.43. The Morgan fingerprint density at radius 3 is 2.08 bits per heavy atom. The molecule has 0 aliphatic carbocycles. The first-order valence-corrected chi connectivity index (χ1v) is 12.4. The average Bonchev–Trinajstić information content (AvgIpc) is 2.37. The fourth-order valence-corrected chi connectivity index (χ4v) is 3.71. The van der Waals surface area contributed by atoms with Crippen LogP contribution < -0.4 is 0 Å². The van der Waals surface area contributed by atoms with E-state index < -0.39 is 20.0 Å². The average molecular weight is 388 g/mol. The molecule has 1 saturated heterocycles. The zero-order valence-corrected chi connectivity index (χ0v) is 19.0. The van der Waals surface area contributed by atoms with Crippen LogP contribution in [0.3, 0.4) is 0 Å². The van der Waals surface area contributed by atoms with Crippen LogP contribution in [0, 0.1) is 5.92 Å². The van der Waals surface area contributed by atoms with E-state index >= 15 is 0 Å². The molecule has 7 heteroatoms. The van der Waals surface area contributed by atoms with Crippen LogP contribution in [0.25, 0.3) is 0 Å². The Balaban J connectivity index is 2.66. The molecule has 1 aliphatic heterocycles. The lowest BCUT2D eigenvalue weighted by molar-refractivity contribution is -0.153. The van der Waals surface area contributed by atoms with Crippen molar-refractivity contribution in [2.45, 2.75) is 84.7 Å². The van der Waals surface area contributed by atoms with Crippen LogP contribution in [-0.2, 0) is 18.7 Å². The molecule has 1 amide bonds. The molecule has 0 saturated carbocycles. The molecule has 0 unspecified atom stereocenters. The Morgan fingerprint density at radius 1 is 1.12 bits per heavy atom. The molecule has 0 spiro atoms. The van der Waals surface area contributed by atoms with Crippen LogP contribution in [0.5, 0.6) is 0 Å². The highest BCUT2D eigenvalue weighted by molar-refractivity contribution is 6.74. The second-order valence-electron chi connectivity index (χ2n) is 9.61. The number of rotatable bonds is 6. The lowest BCUT2D eigenvalue weighted by atomic mass is 9.94. The van der Waals surface area contributed by atoms with Crippen molar-refractivity contribution in [1.82, 2.24) is 4.90 Å². The summed E-state index contributed by atoms with van der Waals surface area (Å²) in [6, 6.07) is 0. The van der Waals surface area contributed by atoms with E-state index in [2.05, 4.69) is 33.9 Å². The maximum atomic E-state index is 12.4. The van der Waals surface area contributed by atoms with Gasteiger partial charge in [-0.1, -0.05) is 20.8 Å². The van der Waals surface area contributed by atoms with Gasteiger partial charge in [0.15, 0.2) is 8.32 Å². The third-order valence-electron chi connectivity index (χ3n) is 4.95. The number of carbonyl (C=O) groups is 2. The number of likely N-dealkylation sites (tertiary alicyclic amines) is 1. The van der Waals surface area contributed by atoms with E-state index in [-0.39, 0.29) is 23.0 Å². The van der Waals surface area contributed by atoms with Gasteiger partial charge in [0.25, 0.3) is 0 Å². The summed E-state index contributed by atoms with van der Waals surface area (Å²) in [5.41, 5.74) is -0.499. The van der Waals surface area contributed by atoms with Crippen molar-refractivity contribution < 1.29 is 23.5 Å². The van der Waals surface area contributed by atoms with E-state index in [9.17, 15) is 9.59 Å². The third kappa shape index (κ3) is 6.58. The minimum Gasteiger partial charge on any atom is -0.464 e. The first-order chi connectivity index (χ1) is 11.7. The van der Waals surface area contributed by atoms with Crippen LogP contribution in [0.1, 0.15) is 54.9 Å². The summed E-state index contributed by atoms with van der Waals surface area (Å²) in [5.74, 6) is -0.0743. The largest absolute Gasteiger partial charge is 0.464 e. The minimum absolute atomic E-state index is 0.0138. The van der Waals surface area contributed by atoms with Gasteiger partial charge in [-0.3, -0.25) is 0 Å². The predicted molar refractivity (Wildman–Crippen MR) is 105 cm³/mol. The summed E-state index contributed by atoms with van der Waals surface area (Å²) >= 11 is 0. The lowest BCUT2D eigenvalue weighted by Crippen LogP contribution is -2.54. The van der Waals surface area contributed by atoms with Gasteiger partial charge in [0.05, 0.1) is 6.61 Å². The first-order valence-electron chi connectivity index (χ1n) is 9.48. The highest BCUT2D eigenvalue weighted by atomic mass is 28.4. The zero-order valence-electron chi connectivity index (χ0n) is 18.0.